The monoisotopic (exact) mass is 480 g/mol. The largest absolute Gasteiger partial charge is 0.495 e. The molecular weight excluding hydrogens is 452 g/mol. The molecule has 2 aliphatic heterocycles. The highest BCUT2D eigenvalue weighted by Gasteiger charge is 2.47. The summed E-state index contributed by atoms with van der Waals surface area (Å²) < 4.78 is 27.2. The molecule has 0 aliphatic carbocycles. The third-order valence-corrected chi connectivity index (χ3v) is 6.05. The second-order valence-electron chi connectivity index (χ2n) is 7.90. The minimum absolute atomic E-state index is 0.244. The average molecular weight is 481 g/mol. The van der Waals surface area contributed by atoms with Crippen molar-refractivity contribution in [1.82, 2.24) is 0 Å². The Hall–Kier alpha value is -1.25. The SMILES string of the molecule is COc1cc(O[C@@H]2O[C@H](CO[C@H]3O[C@@H](C)[C@H](O)[C@@H](O)[C@H]3O)[C@@H](O)[C@H](O)[C@H]2O)cc(C)c1Cl. The summed E-state index contributed by atoms with van der Waals surface area (Å²) in [6.07, 6.45) is -13.8. The summed E-state index contributed by atoms with van der Waals surface area (Å²) in [7, 11) is 1.43. The van der Waals surface area contributed by atoms with Gasteiger partial charge in [0, 0.05) is 6.07 Å². The van der Waals surface area contributed by atoms with Crippen LogP contribution in [-0.2, 0) is 14.2 Å². The number of hydrogen-bond donors (Lipinski definition) is 6. The van der Waals surface area contributed by atoms with E-state index in [0.29, 0.717) is 16.3 Å². The summed E-state index contributed by atoms with van der Waals surface area (Å²) in [6, 6.07) is 3.07. The van der Waals surface area contributed by atoms with E-state index in [4.69, 9.17) is 35.3 Å². The van der Waals surface area contributed by atoms with E-state index < -0.39 is 61.4 Å². The molecule has 0 bridgehead atoms. The maximum absolute atomic E-state index is 10.3. The average Bonchev–Trinajstić information content (AvgIpc) is 2.77. The van der Waals surface area contributed by atoms with E-state index in [1.807, 2.05) is 0 Å². The Kier molecular flexibility index (Phi) is 8.20. The van der Waals surface area contributed by atoms with Gasteiger partial charge in [0.1, 0.15) is 54.2 Å². The van der Waals surface area contributed by atoms with Crippen molar-refractivity contribution in [2.24, 2.45) is 0 Å². The van der Waals surface area contributed by atoms with Gasteiger partial charge in [-0.3, -0.25) is 0 Å². The van der Waals surface area contributed by atoms with Gasteiger partial charge >= 0.3 is 0 Å². The van der Waals surface area contributed by atoms with E-state index in [2.05, 4.69) is 0 Å². The van der Waals surface area contributed by atoms with Gasteiger partial charge in [-0.2, -0.15) is 0 Å². The fourth-order valence-corrected chi connectivity index (χ4v) is 3.73. The second-order valence-corrected chi connectivity index (χ2v) is 8.28. The van der Waals surface area contributed by atoms with Crippen molar-refractivity contribution < 1.29 is 54.3 Å². The molecule has 11 nitrogen and oxygen atoms in total. The van der Waals surface area contributed by atoms with Crippen LogP contribution in [0.25, 0.3) is 0 Å². The molecule has 182 valence electrons. The lowest BCUT2D eigenvalue weighted by molar-refractivity contribution is -0.318. The van der Waals surface area contributed by atoms with Crippen LogP contribution in [0, 0.1) is 6.92 Å². The molecule has 0 unspecified atom stereocenters. The van der Waals surface area contributed by atoms with Crippen LogP contribution in [0.3, 0.4) is 0 Å². The second kappa shape index (κ2) is 10.3. The number of aliphatic hydroxyl groups is 6. The standard InChI is InChI=1S/C20H29ClO11/c1-7-4-9(5-10(28-3)12(7)21)31-20-18(27)16(25)14(23)11(32-20)6-29-19-17(26)15(24)13(22)8(2)30-19/h4-5,8,11,13-20,22-27H,6H2,1-3H3/t8-,11+,13-,14+,15+,16-,17+,18+,19-,20+/m0/s1. The molecule has 32 heavy (non-hydrogen) atoms. The molecule has 12 heteroatoms. The highest BCUT2D eigenvalue weighted by atomic mass is 35.5. The molecular formula is C20H29ClO11. The first-order valence-corrected chi connectivity index (χ1v) is 10.4. The fraction of sp³-hybridized carbons (Fsp3) is 0.700. The number of benzene rings is 1. The van der Waals surface area contributed by atoms with Gasteiger partial charge in [0.15, 0.2) is 6.29 Å². The zero-order chi connectivity index (χ0) is 23.7. The van der Waals surface area contributed by atoms with Crippen LogP contribution in [0.4, 0.5) is 0 Å². The van der Waals surface area contributed by atoms with Crippen molar-refractivity contribution in [3.8, 4) is 11.5 Å². The Labute approximate surface area is 189 Å². The van der Waals surface area contributed by atoms with Gasteiger partial charge in [-0.05, 0) is 25.5 Å². The van der Waals surface area contributed by atoms with Gasteiger partial charge in [0.05, 0.1) is 24.8 Å². The first-order valence-electron chi connectivity index (χ1n) is 10.1. The summed E-state index contributed by atoms with van der Waals surface area (Å²) in [5, 5.41) is 61.0. The normalized spacial score (nSPS) is 40.2. The first-order chi connectivity index (χ1) is 15.0. The summed E-state index contributed by atoms with van der Waals surface area (Å²) in [5.74, 6) is 0.582. The molecule has 0 aromatic heterocycles. The summed E-state index contributed by atoms with van der Waals surface area (Å²) in [5.41, 5.74) is 0.644. The molecule has 2 saturated heterocycles. The number of halogens is 1. The van der Waals surface area contributed by atoms with Crippen molar-refractivity contribution in [2.75, 3.05) is 13.7 Å². The third-order valence-electron chi connectivity index (χ3n) is 5.57. The van der Waals surface area contributed by atoms with Crippen LogP contribution in [0.1, 0.15) is 12.5 Å². The summed E-state index contributed by atoms with van der Waals surface area (Å²) in [6.45, 7) is 2.84. The zero-order valence-electron chi connectivity index (χ0n) is 17.7. The zero-order valence-corrected chi connectivity index (χ0v) is 18.5. The fourth-order valence-electron chi connectivity index (χ4n) is 3.55. The molecule has 1 aromatic rings. The van der Waals surface area contributed by atoms with Gasteiger partial charge in [-0.15, -0.1) is 0 Å². The van der Waals surface area contributed by atoms with Crippen LogP contribution in [0.5, 0.6) is 11.5 Å². The van der Waals surface area contributed by atoms with Crippen molar-refractivity contribution >= 4 is 11.6 Å². The van der Waals surface area contributed by atoms with Crippen LogP contribution in [0.15, 0.2) is 12.1 Å². The molecule has 2 heterocycles. The lowest BCUT2D eigenvalue weighted by atomic mass is 9.98. The number of aryl methyl sites for hydroxylation is 1. The molecule has 0 radical (unpaired) electrons. The predicted octanol–water partition coefficient (Wildman–Crippen LogP) is -1.31. The molecule has 10 atom stereocenters. The lowest BCUT2D eigenvalue weighted by Gasteiger charge is -2.42. The molecule has 2 fully saturated rings. The Morgan fingerprint density at radius 1 is 0.875 bits per heavy atom. The van der Waals surface area contributed by atoms with Gasteiger partial charge in [0.25, 0.3) is 0 Å². The maximum atomic E-state index is 10.3. The number of rotatable bonds is 6. The molecule has 0 amide bonds. The number of methoxy groups -OCH3 is 1. The van der Waals surface area contributed by atoms with Gasteiger partial charge in [0.2, 0.25) is 6.29 Å². The van der Waals surface area contributed by atoms with E-state index in [-0.39, 0.29) is 12.4 Å². The van der Waals surface area contributed by atoms with Gasteiger partial charge in [-0.25, -0.2) is 0 Å². The van der Waals surface area contributed by atoms with E-state index >= 15 is 0 Å². The highest BCUT2D eigenvalue weighted by Crippen LogP contribution is 2.34. The Bertz CT molecular complexity index is 780. The number of ether oxygens (including phenoxy) is 5. The van der Waals surface area contributed by atoms with E-state index in [0.717, 1.165) is 0 Å². The maximum Gasteiger partial charge on any atom is 0.229 e. The van der Waals surface area contributed by atoms with Crippen LogP contribution in [0.2, 0.25) is 5.02 Å². The van der Waals surface area contributed by atoms with Crippen LogP contribution >= 0.6 is 11.6 Å². The van der Waals surface area contributed by atoms with E-state index in [1.165, 1.54) is 20.1 Å². The molecule has 0 spiro atoms. The molecule has 6 N–H and O–H groups in total. The number of aliphatic hydroxyl groups excluding tert-OH is 6. The van der Waals surface area contributed by atoms with Crippen molar-refractivity contribution in [3.05, 3.63) is 22.7 Å². The van der Waals surface area contributed by atoms with Crippen LogP contribution in [-0.4, -0.2) is 106 Å². The smallest absolute Gasteiger partial charge is 0.229 e. The highest BCUT2D eigenvalue weighted by molar-refractivity contribution is 6.32. The Morgan fingerprint density at radius 2 is 1.50 bits per heavy atom. The Morgan fingerprint density at radius 3 is 2.16 bits per heavy atom. The minimum Gasteiger partial charge on any atom is -0.495 e. The van der Waals surface area contributed by atoms with Crippen molar-refractivity contribution in [2.45, 2.75) is 75.3 Å². The number of hydrogen-bond acceptors (Lipinski definition) is 11. The third kappa shape index (κ3) is 5.12. The van der Waals surface area contributed by atoms with Gasteiger partial charge in [-0.1, -0.05) is 11.6 Å². The van der Waals surface area contributed by atoms with Crippen molar-refractivity contribution in [1.29, 1.82) is 0 Å². The lowest BCUT2D eigenvalue weighted by Crippen LogP contribution is -2.61. The van der Waals surface area contributed by atoms with Crippen molar-refractivity contribution in [3.63, 3.8) is 0 Å². The molecule has 2 aliphatic rings. The molecule has 1 aromatic carbocycles. The first kappa shape index (κ1) is 25.4. The molecule has 0 saturated carbocycles. The summed E-state index contributed by atoms with van der Waals surface area (Å²) >= 11 is 6.14. The Balaban J connectivity index is 1.68. The molecule has 3 rings (SSSR count). The summed E-state index contributed by atoms with van der Waals surface area (Å²) in [4.78, 5) is 0. The topological polar surface area (TPSA) is 168 Å². The van der Waals surface area contributed by atoms with Crippen LogP contribution < -0.4 is 9.47 Å². The van der Waals surface area contributed by atoms with E-state index in [1.54, 1.807) is 13.0 Å². The van der Waals surface area contributed by atoms with E-state index in [9.17, 15) is 30.6 Å². The quantitative estimate of drug-likeness (QED) is 0.286. The predicted molar refractivity (Wildman–Crippen MR) is 108 cm³/mol. The van der Waals surface area contributed by atoms with Gasteiger partial charge < -0.3 is 54.3 Å². The minimum atomic E-state index is -1.62.